The second-order valence-electron chi connectivity index (χ2n) is 7.01. The number of benzene rings is 1. The summed E-state index contributed by atoms with van der Waals surface area (Å²) in [7, 11) is -3.04. The quantitative estimate of drug-likeness (QED) is 0.347. The number of nitrogens with zero attached hydrogens (tertiary/aromatic N) is 1. The van der Waals surface area contributed by atoms with E-state index in [1.54, 1.807) is 19.9 Å². The molecule has 9 nitrogen and oxygen atoms in total. The van der Waals surface area contributed by atoms with Crippen LogP contribution in [-0.4, -0.2) is 53.8 Å². The SMILES string of the molecule is CC(C)OC(=O)CC(NC(=O)CSC1CCS(=O)(=O)C1)c1ccccc1[N+](=O)[O-]. The molecule has 29 heavy (non-hydrogen) atoms. The van der Waals surface area contributed by atoms with Crippen molar-refractivity contribution in [3.05, 3.63) is 39.9 Å². The molecule has 2 atom stereocenters. The molecule has 1 saturated heterocycles. The van der Waals surface area contributed by atoms with E-state index in [1.165, 1.54) is 30.0 Å². The minimum Gasteiger partial charge on any atom is -0.463 e. The number of thioether (sulfide) groups is 1. The Morgan fingerprint density at radius 1 is 1.34 bits per heavy atom. The lowest BCUT2D eigenvalue weighted by Gasteiger charge is -2.19. The average Bonchev–Trinajstić information content (AvgIpc) is 2.97. The molecule has 1 fully saturated rings. The second kappa shape index (κ2) is 10.1. The van der Waals surface area contributed by atoms with E-state index in [2.05, 4.69) is 5.32 Å². The van der Waals surface area contributed by atoms with Crippen molar-refractivity contribution in [2.24, 2.45) is 0 Å². The Morgan fingerprint density at radius 3 is 2.62 bits per heavy atom. The molecule has 1 heterocycles. The van der Waals surface area contributed by atoms with E-state index in [9.17, 15) is 28.1 Å². The minimum absolute atomic E-state index is 0.00343. The number of nitro groups is 1. The highest BCUT2D eigenvalue weighted by atomic mass is 32.2. The highest BCUT2D eigenvalue weighted by Gasteiger charge is 2.30. The van der Waals surface area contributed by atoms with Gasteiger partial charge in [0.15, 0.2) is 9.84 Å². The first-order valence-electron chi connectivity index (χ1n) is 9.11. The predicted octanol–water partition coefficient (Wildman–Crippen LogP) is 2.01. The molecular weight excluding hydrogens is 420 g/mol. The maximum atomic E-state index is 12.4. The number of esters is 1. The van der Waals surface area contributed by atoms with Gasteiger partial charge in [-0.15, -0.1) is 11.8 Å². The highest BCUT2D eigenvalue weighted by molar-refractivity contribution is 8.02. The lowest BCUT2D eigenvalue weighted by molar-refractivity contribution is -0.385. The number of carbonyl (C=O) groups excluding carboxylic acids is 2. The summed E-state index contributed by atoms with van der Waals surface area (Å²) in [6.45, 7) is 3.37. The van der Waals surface area contributed by atoms with Crippen molar-refractivity contribution < 1.29 is 27.7 Å². The Morgan fingerprint density at radius 2 is 2.03 bits per heavy atom. The van der Waals surface area contributed by atoms with Crippen molar-refractivity contribution in [1.82, 2.24) is 5.32 Å². The van der Waals surface area contributed by atoms with Crippen LogP contribution < -0.4 is 5.32 Å². The molecule has 0 bridgehead atoms. The van der Waals surface area contributed by atoms with Crippen LogP contribution in [-0.2, 0) is 24.2 Å². The van der Waals surface area contributed by atoms with E-state index in [0.29, 0.717) is 6.42 Å². The number of para-hydroxylation sites is 1. The van der Waals surface area contributed by atoms with Crippen LogP contribution in [0.4, 0.5) is 5.69 Å². The first-order valence-corrected chi connectivity index (χ1v) is 12.0. The summed E-state index contributed by atoms with van der Waals surface area (Å²) in [4.78, 5) is 35.3. The van der Waals surface area contributed by atoms with Crippen LogP contribution in [0.1, 0.15) is 38.3 Å². The van der Waals surface area contributed by atoms with Crippen LogP contribution in [0, 0.1) is 10.1 Å². The Bertz CT molecular complexity index is 871. The van der Waals surface area contributed by atoms with Gasteiger partial charge in [-0.25, -0.2) is 8.42 Å². The second-order valence-corrected chi connectivity index (χ2v) is 10.5. The van der Waals surface area contributed by atoms with Crippen LogP contribution in [0.2, 0.25) is 0 Å². The van der Waals surface area contributed by atoms with Gasteiger partial charge in [-0.2, -0.15) is 0 Å². The number of nitrogens with one attached hydrogen (secondary N) is 1. The number of hydrogen-bond donors (Lipinski definition) is 1. The number of ether oxygens (including phenoxy) is 1. The summed E-state index contributed by atoms with van der Waals surface area (Å²) in [6.07, 6.45) is -0.115. The van der Waals surface area contributed by atoms with Crippen molar-refractivity contribution in [2.75, 3.05) is 17.3 Å². The smallest absolute Gasteiger partial charge is 0.308 e. The van der Waals surface area contributed by atoms with Gasteiger partial charge in [0.1, 0.15) is 0 Å². The lowest BCUT2D eigenvalue weighted by Crippen LogP contribution is -2.33. The van der Waals surface area contributed by atoms with Gasteiger partial charge in [-0.1, -0.05) is 18.2 Å². The van der Waals surface area contributed by atoms with E-state index in [1.807, 2.05) is 0 Å². The number of rotatable bonds is 9. The van der Waals surface area contributed by atoms with Crippen LogP contribution in [0.5, 0.6) is 0 Å². The zero-order chi connectivity index (χ0) is 21.6. The number of hydrogen-bond acceptors (Lipinski definition) is 8. The fraction of sp³-hybridized carbons (Fsp3) is 0.556. The van der Waals surface area contributed by atoms with Gasteiger partial charge in [-0.05, 0) is 20.3 Å². The fourth-order valence-electron chi connectivity index (χ4n) is 2.99. The van der Waals surface area contributed by atoms with Crippen molar-refractivity contribution in [3.8, 4) is 0 Å². The molecule has 1 amide bonds. The van der Waals surface area contributed by atoms with Gasteiger partial charge in [0, 0.05) is 11.3 Å². The lowest BCUT2D eigenvalue weighted by atomic mass is 10.0. The Balaban J connectivity index is 2.10. The highest BCUT2D eigenvalue weighted by Crippen LogP contribution is 2.28. The summed E-state index contributed by atoms with van der Waals surface area (Å²) < 4.78 is 28.2. The summed E-state index contributed by atoms with van der Waals surface area (Å²) in [5, 5.41) is 13.9. The number of amides is 1. The van der Waals surface area contributed by atoms with Crippen molar-refractivity contribution in [2.45, 2.75) is 44.1 Å². The molecule has 160 valence electrons. The summed E-state index contributed by atoms with van der Waals surface area (Å²) in [5.41, 5.74) is 0.00434. The molecule has 1 aromatic rings. The van der Waals surface area contributed by atoms with Gasteiger partial charge >= 0.3 is 5.97 Å². The molecule has 2 unspecified atom stereocenters. The number of nitro benzene ring substituents is 1. The van der Waals surface area contributed by atoms with Gasteiger partial charge in [0.2, 0.25) is 5.91 Å². The molecule has 0 radical (unpaired) electrons. The van der Waals surface area contributed by atoms with Crippen LogP contribution in [0.15, 0.2) is 24.3 Å². The summed E-state index contributed by atoms with van der Waals surface area (Å²) in [5.74, 6) is -0.861. The molecule has 11 heteroatoms. The summed E-state index contributed by atoms with van der Waals surface area (Å²) >= 11 is 1.23. The van der Waals surface area contributed by atoms with Gasteiger partial charge in [-0.3, -0.25) is 19.7 Å². The minimum atomic E-state index is -3.04. The normalized spacial score (nSPS) is 18.9. The monoisotopic (exact) mass is 444 g/mol. The van der Waals surface area contributed by atoms with Gasteiger partial charge in [0.05, 0.1) is 46.3 Å². The van der Waals surface area contributed by atoms with Gasteiger partial charge in [0.25, 0.3) is 5.69 Å². The topological polar surface area (TPSA) is 133 Å². The molecule has 1 aliphatic rings. The van der Waals surface area contributed by atoms with E-state index in [0.717, 1.165) is 0 Å². The molecule has 2 rings (SSSR count). The first-order chi connectivity index (χ1) is 13.6. The third kappa shape index (κ3) is 7.32. The van der Waals surface area contributed by atoms with E-state index in [4.69, 9.17) is 4.74 Å². The molecular formula is C18H24N2O7S2. The van der Waals surface area contributed by atoms with Crippen LogP contribution in [0.25, 0.3) is 0 Å². The zero-order valence-corrected chi connectivity index (χ0v) is 17.8. The Labute approximate surface area is 173 Å². The average molecular weight is 445 g/mol. The number of sulfone groups is 1. The predicted molar refractivity (Wildman–Crippen MR) is 109 cm³/mol. The standard InChI is InChI=1S/C18H24N2O7S2/c1-12(2)27-18(22)9-15(14-5-3-4-6-16(14)20(23)24)19-17(21)10-28-13-7-8-29(25,26)11-13/h3-6,12-13,15H,7-11H2,1-2H3,(H,19,21). The maximum absolute atomic E-state index is 12.4. The molecule has 0 aromatic heterocycles. The number of carbonyl (C=O) groups is 2. The van der Waals surface area contributed by atoms with E-state index in [-0.39, 0.29) is 46.3 Å². The van der Waals surface area contributed by atoms with E-state index >= 15 is 0 Å². The molecule has 1 N–H and O–H groups in total. The van der Waals surface area contributed by atoms with Gasteiger partial charge < -0.3 is 10.1 Å². The van der Waals surface area contributed by atoms with E-state index < -0.39 is 32.7 Å². The largest absolute Gasteiger partial charge is 0.463 e. The molecule has 1 aliphatic heterocycles. The third-order valence-electron chi connectivity index (χ3n) is 4.22. The molecule has 1 aromatic carbocycles. The molecule has 0 aliphatic carbocycles. The first kappa shape index (κ1) is 23.1. The molecule has 0 spiro atoms. The van der Waals surface area contributed by atoms with Crippen LogP contribution in [0.3, 0.4) is 0 Å². The van der Waals surface area contributed by atoms with Crippen molar-refractivity contribution >= 4 is 39.2 Å². The Hall–Kier alpha value is -2.14. The maximum Gasteiger partial charge on any atom is 0.308 e. The molecule has 0 saturated carbocycles. The zero-order valence-electron chi connectivity index (χ0n) is 16.2. The Kier molecular flexibility index (Phi) is 8.03. The third-order valence-corrected chi connectivity index (χ3v) is 7.50. The van der Waals surface area contributed by atoms with Crippen molar-refractivity contribution in [3.63, 3.8) is 0 Å². The van der Waals surface area contributed by atoms with Crippen LogP contribution >= 0.6 is 11.8 Å². The fourth-order valence-corrected chi connectivity index (χ4v) is 6.44. The summed E-state index contributed by atoms with van der Waals surface area (Å²) in [6, 6.07) is 4.96. The van der Waals surface area contributed by atoms with Crippen molar-refractivity contribution in [1.29, 1.82) is 0 Å².